The summed E-state index contributed by atoms with van der Waals surface area (Å²) in [4.78, 5) is 24.9. The van der Waals surface area contributed by atoms with Gasteiger partial charge in [-0.1, -0.05) is 0 Å². The minimum Gasteiger partial charge on any atom is -0.365 e. The van der Waals surface area contributed by atoms with E-state index in [1.54, 1.807) is 17.3 Å². The van der Waals surface area contributed by atoms with E-state index in [-0.39, 0.29) is 11.4 Å². The second-order valence-electron chi connectivity index (χ2n) is 7.69. The Morgan fingerprint density at radius 2 is 2.08 bits per heavy atom. The summed E-state index contributed by atoms with van der Waals surface area (Å²) in [6.07, 6.45) is 10.8. The molecule has 2 N–H and O–H groups in total. The molecule has 0 aliphatic carbocycles. The molecule has 1 aromatic rings. The van der Waals surface area contributed by atoms with E-state index in [0.29, 0.717) is 18.1 Å². The van der Waals surface area contributed by atoms with Crippen LogP contribution in [0.3, 0.4) is 0 Å². The Morgan fingerprint density at radius 1 is 1.20 bits per heavy atom. The maximum Gasteiger partial charge on any atom is 0.228 e. The lowest BCUT2D eigenvalue weighted by atomic mass is 9.72. The molecule has 0 saturated carbocycles. The van der Waals surface area contributed by atoms with Crippen LogP contribution in [0, 0.1) is 5.92 Å². The normalized spacial score (nSPS) is 33.7. The molecule has 6 heterocycles. The minimum atomic E-state index is 0.138. The summed E-state index contributed by atoms with van der Waals surface area (Å²) in [5.41, 5.74) is 0.203. The first-order chi connectivity index (χ1) is 12.2. The van der Waals surface area contributed by atoms with Crippen molar-refractivity contribution >= 4 is 17.5 Å². The first-order valence-electron chi connectivity index (χ1n) is 9.32. The van der Waals surface area contributed by atoms with Gasteiger partial charge in [-0.15, -0.1) is 0 Å². The van der Waals surface area contributed by atoms with Crippen LogP contribution in [-0.4, -0.2) is 52.5 Å². The fourth-order valence-electron chi connectivity index (χ4n) is 4.83. The summed E-state index contributed by atoms with van der Waals surface area (Å²) in [6.45, 7) is 4.38. The van der Waals surface area contributed by atoms with Gasteiger partial charge in [0.2, 0.25) is 5.91 Å². The Kier molecular flexibility index (Phi) is 3.45. The van der Waals surface area contributed by atoms with Gasteiger partial charge in [-0.3, -0.25) is 9.69 Å². The van der Waals surface area contributed by atoms with E-state index in [2.05, 4.69) is 31.6 Å². The Labute approximate surface area is 147 Å². The Hall–Kier alpha value is -2.15. The van der Waals surface area contributed by atoms with Crippen LogP contribution in [0.5, 0.6) is 0 Å². The second kappa shape index (κ2) is 5.69. The van der Waals surface area contributed by atoms with Crippen LogP contribution in [0.4, 0.5) is 11.6 Å². The van der Waals surface area contributed by atoms with Crippen molar-refractivity contribution in [3.63, 3.8) is 0 Å². The van der Waals surface area contributed by atoms with E-state index < -0.39 is 0 Å². The summed E-state index contributed by atoms with van der Waals surface area (Å²) < 4.78 is 0. The lowest BCUT2D eigenvalue weighted by Gasteiger charge is -2.52. The first-order valence-corrected chi connectivity index (χ1v) is 9.32. The molecule has 4 fully saturated rings. The number of carbonyl (C=O) groups is 1. The smallest absolute Gasteiger partial charge is 0.228 e. The molecule has 1 atom stereocenters. The highest BCUT2D eigenvalue weighted by atomic mass is 16.2. The molecule has 6 rings (SSSR count). The van der Waals surface area contributed by atoms with Gasteiger partial charge in [0.1, 0.15) is 11.6 Å². The number of anilines is 2. The zero-order chi connectivity index (χ0) is 16.9. The first kappa shape index (κ1) is 15.1. The Balaban J connectivity index is 1.25. The maximum absolute atomic E-state index is 11.8. The number of hydrogen-bond donors (Lipinski definition) is 2. The lowest BCUT2D eigenvalue weighted by Crippen LogP contribution is -2.64. The molecule has 0 aromatic carbocycles. The third-order valence-corrected chi connectivity index (χ3v) is 6.18. The fourth-order valence-corrected chi connectivity index (χ4v) is 4.83. The molecule has 7 nitrogen and oxygen atoms in total. The summed E-state index contributed by atoms with van der Waals surface area (Å²) in [7, 11) is 0. The van der Waals surface area contributed by atoms with Crippen LogP contribution < -0.4 is 15.5 Å². The van der Waals surface area contributed by atoms with Crippen LogP contribution in [0.1, 0.15) is 32.1 Å². The third kappa shape index (κ3) is 2.57. The van der Waals surface area contributed by atoms with Crippen molar-refractivity contribution in [3.05, 3.63) is 24.3 Å². The highest BCUT2D eigenvalue weighted by Crippen LogP contribution is 2.41. The van der Waals surface area contributed by atoms with Crippen LogP contribution in [0.25, 0.3) is 0 Å². The van der Waals surface area contributed by atoms with Gasteiger partial charge in [0.15, 0.2) is 5.82 Å². The van der Waals surface area contributed by atoms with Gasteiger partial charge in [0, 0.05) is 19.5 Å². The topological polar surface area (TPSA) is 73.4 Å². The standard InChI is InChI=1S/C18H24N6O/c25-17-2-1-7-24(17)16-11-19-15(10-20-16)21-14-3-6-18(22-14)12-23-8-4-13(18)5-9-23/h3,10-11,13,22H,1-2,4-9,12H2,(H,19,21)/t18-/m0/s1. The molecule has 5 aliphatic rings. The Morgan fingerprint density at radius 3 is 2.72 bits per heavy atom. The number of carbonyl (C=O) groups excluding carboxylic acids is 1. The number of nitrogens with one attached hydrogen (secondary N) is 2. The number of piperidine rings is 3. The predicted molar refractivity (Wildman–Crippen MR) is 95.0 cm³/mol. The molecule has 1 amide bonds. The van der Waals surface area contributed by atoms with Crippen molar-refractivity contribution in [2.45, 2.75) is 37.6 Å². The SMILES string of the molecule is O=C1CCCN1c1cnc(NC2=CC[C@@]3(CN4CCC3CC4)N2)cn1. The average molecular weight is 340 g/mol. The van der Waals surface area contributed by atoms with Crippen molar-refractivity contribution in [2.24, 2.45) is 5.92 Å². The van der Waals surface area contributed by atoms with Gasteiger partial charge in [-0.05, 0) is 50.8 Å². The lowest BCUT2D eigenvalue weighted by molar-refractivity contribution is -0.117. The van der Waals surface area contributed by atoms with E-state index in [1.807, 2.05) is 0 Å². The molecular formula is C18H24N6O. The number of rotatable bonds is 3. The molecule has 5 aliphatic heterocycles. The zero-order valence-corrected chi connectivity index (χ0v) is 14.4. The summed E-state index contributed by atoms with van der Waals surface area (Å²) in [5.74, 6) is 3.30. The quantitative estimate of drug-likeness (QED) is 0.864. The van der Waals surface area contributed by atoms with Crippen LogP contribution in [0.2, 0.25) is 0 Å². The van der Waals surface area contributed by atoms with Crippen molar-refractivity contribution in [3.8, 4) is 0 Å². The number of hydrogen-bond acceptors (Lipinski definition) is 6. The molecule has 132 valence electrons. The van der Waals surface area contributed by atoms with Gasteiger partial charge in [0.05, 0.1) is 17.9 Å². The summed E-state index contributed by atoms with van der Waals surface area (Å²) in [5, 5.41) is 7.09. The third-order valence-electron chi connectivity index (χ3n) is 6.18. The maximum atomic E-state index is 11.8. The molecule has 4 saturated heterocycles. The van der Waals surface area contributed by atoms with E-state index in [4.69, 9.17) is 0 Å². The molecule has 0 radical (unpaired) electrons. The highest BCUT2D eigenvalue weighted by molar-refractivity contribution is 5.94. The summed E-state index contributed by atoms with van der Waals surface area (Å²) in [6, 6.07) is 0. The molecule has 1 spiro atoms. The number of aromatic nitrogens is 2. The van der Waals surface area contributed by atoms with E-state index >= 15 is 0 Å². The van der Waals surface area contributed by atoms with Crippen molar-refractivity contribution in [2.75, 3.05) is 36.4 Å². The van der Waals surface area contributed by atoms with E-state index in [1.165, 1.54) is 25.9 Å². The van der Waals surface area contributed by atoms with Crippen LogP contribution >= 0.6 is 0 Å². The molecule has 1 aromatic heterocycles. The van der Waals surface area contributed by atoms with Crippen molar-refractivity contribution in [1.29, 1.82) is 0 Å². The van der Waals surface area contributed by atoms with Gasteiger partial charge in [0.25, 0.3) is 0 Å². The van der Waals surface area contributed by atoms with Crippen LogP contribution in [0.15, 0.2) is 24.3 Å². The number of fused-ring (bicyclic) bond motifs is 2. The minimum absolute atomic E-state index is 0.138. The Bertz CT molecular complexity index is 709. The second-order valence-corrected chi connectivity index (χ2v) is 7.69. The molecule has 0 unspecified atom stereocenters. The number of nitrogens with zero attached hydrogens (tertiary/aromatic N) is 4. The molecule has 2 bridgehead atoms. The monoisotopic (exact) mass is 340 g/mol. The molecular weight excluding hydrogens is 316 g/mol. The van der Waals surface area contributed by atoms with Gasteiger partial charge in [-0.25, -0.2) is 9.97 Å². The number of amides is 1. The van der Waals surface area contributed by atoms with Gasteiger partial charge >= 0.3 is 0 Å². The van der Waals surface area contributed by atoms with E-state index in [0.717, 1.165) is 37.7 Å². The van der Waals surface area contributed by atoms with Crippen molar-refractivity contribution < 1.29 is 4.79 Å². The zero-order valence-electron chi connectivity index (χ0n) is 14.4. The van der Waals surface area contributed by atoms with Gasteiger partial charge in [-0.2, -0.15) is 0 Å². The fraction of sp³-hybridized carbons (Fsp3) is 0.611. The van der Waals surface area contributed by atoms with E-state index in [9.17, 15) is 4.79 Å². The molecule has 7 heteroatoms. The van der Waals surface area contributed by atoms with Gasteiger partial charge < -0.3 is 15.5 Å². The van der Waals surface area contributed by atoms with Crippen LogP contribution in [-0.2, 0) is 4.79 Å². The molecule has 25 heavy (non-hydrogen) atoms. The predicted octanol–water partition coefficient (Wildman–Crippen LogP) is 1.31. The summed E-state index contributed by atoms with van der Waals surface area (Å²) >= 11 is 0. The highest BCUT2D eigenvalue weighted by Gasteiger charge is 2.48. The average Bonchev–Trinajstić information content (AvgIpc) is 3.23. The largest absolute Gasteiger partial charge is 0.365 e. The van der Waals surface area contributed by atoms with Crippen molar-refractivity contribution in [1.82, 2.24) is 20.2 Å².